The molecule has 1 fully saturated rings. The second-order valence-corrected chi connectivity index (χ2v) is 7.85. The van der Waals surface area contributed by atoms with Crippen LogP contribution in [0.5, 0.6) is 11.5 Å². The summed E-state index contributed by atoms with van der Waals surface area (Å²) in [6.45, 7) is 0.927. The standard InChI is InChI=1S/C20H23ClN2O3S/c1-22(2)14-4-9-17(18(21)12-14)20-23(19(24)13-27-20)10-11-26-16-7-5-15(25-3)6-8-16/h4-9,12,20H,10-11,13H2,1-3H3. The molecule has 1 saturated heterocycles. The topological polar surface area (TPSA) is 42.0 Å². The maximum atomic E-state index is 12.4. The van der Waals surface area contributed by atoms with Gasteiger partial charge in [0, 0.05) is 30.4 Å². The van der Waals surface area contributed by atoms with Gasteiger partial charge in [-0.1, -0.05) is 17.7 Å². The second-order valence-electron chi connectivity index (χ2n) is 6.37. The third kappa shape index (κ3) is 4.62. The summed E-state index contributed by atoms with van der Waals surface area (Å²) in [5.74, 6) is 2.10. The van der Waals surface area contributed by atoms with E-state index in [1.165, 1.54) is 0 Å². The van der Waals surface area contributed by atoms with E-state index in [1.807, 2.05) is 66.4 Å². The molecule has 27 heavy (non-hydrogen) atoms. The fraction of sp³-hybridized carbons (Fsp3) is 0.350. The van der Waals surface area contributed by atoms with Crippen LogP contribution in [0.15, 0.2) is 42.5 Å². The summed E-state index contributed by atoms with van der Waals surface area (Å²) in [5, 5.41) is 0.593. The van der Waals surface area contributed by atoms with E-state index < -0.39 is 0 Å². The maximum Gasteiger partial charge on any atom is 0.233 e. The second kappa shape index (κ2) is 8.76. The Labute approximate surface area is 169 Å². The van der Waals surface area contributed by atoms with Crippen molar-refractivity contribution in [1.29, 1.82) is 0 Å². The first-order valence-corrected chi connectivity index (χ1v) is 10.1. The van der Waals surface area contributed by atoms with Gasteiger partial charge in [0.1, 0.15) is 23.5 Å². The first kappa shape index (κ1) is 19.7. The van der Waals surface area contributed by atoms with Gasteiger partial charge in [-0.3, -0.25) is 4.79 Å². The number of anilines is 1. The number of amides is 1. The van der Waals surface area contributed by atoms with Crippen molar-refractivity contribution in [3.8, 4) is 11.5 Å². The number of carbonyl (C=O) groups excluding carboxylic acids is 1. The average molecular weight is 407 g/mol. The minimum absolute atomic E-state index is 0.0827. The molecule has 1 amide bonds. The van der Waals surface area contributed by atoms with Gasteiger partial charge in [0.05, 0.1) is 19.4 Å². The number of ether oxygens (including phenoxy) is 2. The molecule has 1 unspecified atom stereocenters. The molecule has 2 aromatic rings. The molecule has 0 saturated carbocycles. The minimum Gasteiger partial charge on any atom is -0.497 e. The van der Waals surface area contributed by atoms with Crippen LogP contribution < -0.4 is 14.4 Å². The quantitative estimate of drug-likeness (QED) is 0.693. The summed E-state index contributed by atoms with van der Waals surface area (Å²) in [6.07, 6.45) is 0. The van der Waals surface area contributed by atoms with Gasteiger partial charge >= 0.3 is 0 Å². The van der Waals surface area contributed by atoms with Crippen LogP contribution in [-0.2, 0) is 4.79 Å². The van der Waals surface area contributed by atoms with Crippen molar-refractivity contribution >= 4 is 35.0 Å². The van der Waals surface area contributed by atoms with Crippen LogP contribution in [0.25, 0.3) is 0 Å². The number of methoxy groups -OCH3 is 1. The van der Waals surface area contributed by atoms with Gasteiger partial charge in [-0.05, 0) is 36.4 Å². The third-order valence-electron chi connectivity index (χ3n) is 4.39. The van der Waals surface area contributed by atoms with E-state index in [1.54, 1.807) is 18.9 Å². The lowest BCUT2D eigenvalue weighted by Gasteiger charge is -2.25. The minimum atomic E-state index is -0.0827. The molecule has 0 aromatic heterocycles. The first-order chi connectivity index (χ1) is 13.0. The first-order valence-electron chi connectivity index (χ1n) is 8.64. The molecular weight excluding hydrogens is 384 g/mol. The number of nitrogens with zero attached hydrogens (tertiary/aromatic N) is 2. The molecule has 0 aliphatic carbocycles. The Bertz CT molecular complexity index is 798. The number of hydrogen-bond donors (Lipinski definition) is 0. The molecule has 1 aliphatic heterocycles. The number of halogens is 1. The summed E-state index contributed by atoms with van der Waals surface area (Å²) in [5.41, 5.74) is 2.00. The monoisotopic (exact) mass is 406 g/mol. The number of rotatable bonds is 7. The van der Waals surface area contributed by atoms with Crippen molar-refractivity contribution in [2.75, 3.05) is 45.0 Å². The molecule has 0 spiro atoms. The summed E-state index contributed by atoms with van der Waals surface area (Å²) in [6, 6.07) is 13.4. The van der Waals surface area contributed by atoms with E-state index in [9.17, 15) is 4.79 Å². The van der Waals surface area contributed by atoms with E-state index in [-0.39, 0.29) is 11.3 Å². The average Bonchev–Trinajstić information content (AvgIpc) is 3.02. The molecule has 1 heterocycles. The molecule has 144 valence electrons. The highest BCUT2D eigenvalue weighted by molar-refractivity contribution is 8.00. The third-order valence-corrected chi connectivity index (χ3v) is 5.96. The smallest absolute Gasteiger partial charge is 0.233 e. The number of hydrogen-bond acceptors (Lipinski definition) is 5. The van der Waals surface area contributed by atoms with Gasteiger partial charge in [-0.25, -0.2) is 0 Å². The van der Waals surface area contributed by atoms with E-state index in [4.69, 9.17) is 21.1 Å². The molecule has 5 nitrogen and oxygen atoms in total. The summed E-state index contributed by atoms with van der Waals surface area (Å²) in [4.78, 5) is 16.2. The van der Waals surface area contributed by atoms with Gasteiger partial charge in [-0.2, -0.15) is 0 Å². The fourth-order valence-electron chi connectivity index (χ4n) is 2.88. The van der Waals surface area contributed by atoms with Crippen LogP contribution in [-0.4, -0.2) is 50.9 Å². The normalized spacial score (nSPS) is 16.5. The highest BCUT2D eigenvalue weighted by Gasteiger charge is 2.33. The largest absolute Gasteiger partial charge is 0.497 e. The number of benzene rings is 2. The Balaban J connectivity index is 1.65. The highest BCUT2D eigenvalue weighted by atomic mass is 35.5. The van der Waals surface area contributed by atoms with Crippen LogP contribution in [0, 0.1) is 0 Å². The predicted molar refractivity (Wildman–Crippen MR) is 111 cm³/mol. The van der Waals surface area contributed by atoms with Crippen molar-refractivity contribution in [2.24, 2.45) is 0 Å². The van der Waals surface area contributed by atoms with Crippen molar-refractivity contribution in [1.82, 2.24) is 4.90 Å². The van der Waals surface area contributed by atoms with Crippen molar-refractivity contribution in [3.05, 3.63) is 53.1 Å². The van der Waals surface area contributed by atoms with Crippen molar-refractivity contribution < 1.29 is 14.3 Å². The van der Waals surface area contributed by atoms with Crippen LogP contribution in [0.3, 0.4) is 0 Å². The molecule has 3 rings (SSSR count). The van der Waals surface area contributed by atoms with E-state index >= 15 is 0 Å². The van der Waals surface area contributed by atoms with Crippen LogP contribution >= 0.6 is 23.4 Å². The Kier molecular flexibility index (Phi) is 6.39. The molecular formula is C20H23ClN2O3S. The van der Waals surface area contributed by atoms with Gasteiger partial charge in [0.15, 0.2) is 0 Å². The van der Waals surface area contributed by atoms with Gasteiger partial charge < -0.3 is 19.3 Å². The summed E-state index contributed by atoms with van der Waals surface area (Å²) in [7, 11) is 5.58. The van der Waals surface area contributed by atoms with Crippen LogP contribution in [0.2, 0.25) is 5.02 Å². The Hall–Kier alpha value is -2.05. The molecule has 0 N–H and O–H groups in total. The lowest BCUT2D eigenvalue weighted by Crippen LogP contribution is -2.32. The maximum absolute atomic E-state index is 12.4. The molecule has 7 heteroatoms. The molecule has 1 aliphatic rings. The Morgan fingerprint density at radius 2 is 1.89 bits per heavy atom. The fourth-order valence-corrected chi connectivity index (χ4v) is 4.48. The predicted octanol–water partition coefficient (Wildman–Crippen LogP) is 4.07. The summed E-state index contributed by atoms with van der Waals surface area (Å²) < 4.78 is 10.9. The lowest BCUT2D eigenvalue weighted by atomic mass is 10.1. The van der Waals surface area contributed by atoms with Crippen LogP contribution in [0.1, 0.15) is 10.9 Å². The SMILES string of the molecule is COc1ccc(OCCN2C(=O)CSC2c2ccc(N(C)C)cc2Cl)cc1. The Morgan fingerprint density at radius 1 is 1.19 bits per heavy atom. The van der Waals surface area contributed by atoms with Crippen LogP contribution in [0.4, 0.5) is 5.69 Å². The van der Waals surface area contributed by atoms with Gasteiger partial charge in [0.25, 0.3) is 0 Å². The molecule has 2 aromatic carbocycles. The molecule has 0 bridgehead atoms. The zero-order valence-corrected chi connectivity index (χ0v) is 17.2. The highest BCUT2D eigenvalue weighted by Crippen LogP contribution is 2.42. The van der Waals surface area contributed by atoms with Gasteiger partial charge in [0.2, 0.25) is 5.91 Å². The van der Waals surface area contributed by atoms with E-state index in [0.717, 1.165) is 22.7 Å². The van der Waals surface area contributed by atoms with Gasteiger partial charge in [-0.15, -0.1) is 11.8 Å². The molecule has 1 atom stereocenters. The zero-order chi connectivity index (χ0) is 19.4. The van der Waals surface area contributed by atoms with Crippen molar-refractivity contribution in [2.45, 2.75) is 5.37 Å². The molecule has 0 radical (unpaired) electrons. The zero-order valence-electron chi connectivity index (χ0n) is 15.6. The summed E-state index contributed by atoms with van der Waals surface area (Å²) >= 11 is 8.10. The van der Waals surface area contributed by atoms with E-state index in [0.29, 0.717) is 23.9 Å². The van der Waals surface area contributed by atoms with E-state index in [2.05, 4.69) is 0 Å². The number of thioether (sulfide) groups is 1. The number of carbonyl (C=O) groups is 1. The van der Waals surface area contributed by atoms with Crippen molar-refractivity contribution in [3.63, 3.8) is 0 Å². The lowest BCUT2D eigenvalue weighted by molar-refractivity contribution is -0.128. The Morgan fingerprint density at radius 3 is 2.52 bits per heavy atom.